The van der Waals surface area contributed by atoms with E-state index in [1.165, 1.54) is 19.9 Å². The van der Waals surface area contributed by atoms with Crippen LogP contribution in [0.15, 0.2) is 41.4 Å². The normalized spacial score (nSPS) is 12.7. The predicted octanol–water partition coefficient (Wildman–Crippen LogP) is 1.80. The molecule has 6 nitrogen and oxygen atoms in total. The second kappa shape index (κ2) is 9.09. The Morgan fingerprint density at radius 2 is 1.87 bits per heavy atom. The molecule has 0 saturated heterocycles. The van der Waals surface area contributed by atoms with Gasteiger partial charge in [-0.25, -0.2) is 4.79 Å². The fourth-order valence-electron chi connectivity index (χ4n) is 1.59. The molecule has 0 unspecified atom stereocenters. The number of halogens is 1. The van der Waals surface area contributed by atoms with Crippen LogP contribution in [0, 0.1) is 0 Å². The quantitative estimate of drug-likeness (QED) is 0.556. The number of carbonyl (C=O) groups excluding carboxylic acids is 3. The van der Waals surface area contributed by atoms with Crippen LogP contribution in [0.25, 0.3) is 0 Å². The van der Waals surface area contributed by atoms with E-state index in [4.69, 9.17) is 4.74 Å². The summed E-state index contributed by atoms with van der Waals surface area (Å²) in [6.07, 6.45) is 0.572. The molecule has 23 heavy (non-hydrogen) atoms. The zero-order valence-electron chi connectivity index (χ0n) is 13.0. The maximum atomic E-state index is 12.0. The number of carbonyl (C=O) groups is 3. The van der Waals surface area contributed by atoms with Crippen LogP contribution >= 0.6 is 15.9 Å². The molecular formula is C16H19BrN2O4. The average molecular weight is 383 g/mol. The van der Waals surface area contributed by atoms with Gasteiger partial charge in [0.1, 0.15) is 6.04 Å². The van der Waals surface area contributed by atoms with Crippen molar-refractivity contribution in [2.24, 2.45) is 0 Å². The van der Waals surface area contributed by atoms with Gasteiger partial charge in [0.2, 0.25) is 0 Å². The molecule has 0 aliphatic heterocycles. The Hall–Kier alpha value is -2.15. The second-order valence-electron chi connectivity index (χ2n) is 4.81. The maximum Gasteiger partial charge on any atom is 0.329 e. The van der Waals surface area contributed by atoms with Gasteiger partial charge in [0, 0.05) is 16.6 Å². The minimum absolute atomic E-state index is 0.288. The van der Waals surface area contributed by atoms with Crippen LogP contribution < -0.4 is 10.6 Å². The van der Waals surface area contributed by atoms with Crippen molar-refractivity contribution in [1.82, 2.24) is 10.6 Å². The first-order valence-electron chi connectivity index (χ1n) is 7.00. The van der Waals surface area contributed by atoms with E-state index in [-0.39, 0.29) is 6.54 Å². The van der Waals surface area contributed by atoms with E-state index in [0.29, 0.717) is 5.56 Å². The molecule has 0 saturated carbocycles. The Morgan fingerprint density at radius 1 is 1.26 bits per heavy atom. The van der Waals surface area contributed by atoms with Crippen LogP contribution in [0.4, 0.5) is 0 Å². The molecule has 0 spiro atoms. The Kier molecular flexibility index (Phi) is 7.47. The van der Waals surface area contributed by atoms with E-state index >= 15 is 0 Å². The Bertz CT molecular complexity index is 586. The van der Waals surface area contributed by atoms with Gasteiger partial charge in [-0.3, -0.25) is 9.59 Å². The van der Waals surface area contributed by atoms with Gasteiger partial charge in [-0.2, -0.15) is 0 Å². The van der Waals surface area contributed by atoms with E-state index in [0.717, 1.165) is 4.47 Å². The number of hydrogen-bond donors (Lipinski definition) is 2. The Balaban J connectivity index is 2.53. The van der Waals surface area contributed by atoms with Crippen molar-refractivity contribution < 1.29 is 19.1 Å². The molecule has 7 heteroatoms. The first kappa shape index (κ1) is 18.9. The van der Waals surface area contributed by atoms with Crippen LogP contribution in [0.1, 0.15) is 24.2 Å². The second-order valence-corrected chi connectivity index (χ2v) is 5.73. The largest absolute Gasteiger partial charge is 0.451 e. The number of esters is 1. The molecule has 0 heterocycles. The summed E-state index contributed by atoms with van der Waals surface area (Å²) < 4.78 is 5.87. The third kappa shape index (κ3) is 6.23. The third-order valence-corrected chi connectivity index (χ3v) is 3.42. The van der Waals surface area contributed by atoms with Crippen molar-refractivity contribution in [2.75, 3.05) is 6.54 Å². The molecule has 0 aliphatic carbocycles. The van der Waals surface area contributed by atoms with Gasteiger partial charge in [-0.05, 0) is 38.1 Å². The molecule has 0 aromatic heterocycles. The Labute approximate surface area is 143 Å². The highest BCUT2D eigenvalue weighted by Gasteiger charge is 2.23. The van der Waals surface area contributed by atoms with Crippen LogP contribution in [-0.2, 0) is 14.3 Å². The number of ether oxygens (including phenoxy) is 1. The van der Waals surface area contributed by atoms with E-state index in [1.54, 1.807) is 24.3 Å². The summed E-state index contributed by atoms with van der Waals surface area (Å²) in [7, 11) is 0. The smallest absolute Gasteiger partial charge is 0.329 e. The molecule has 2 N–H and O–H groups in total. The topological polar surface area (TPSA) is 84.5 Å². The molecule has 1 aromatic carbocycles. The lowest BCUT2D eigenvalue weighted by molar-refractivity contribution is -0.156. The van der Waals surface area contributed by atoms with E-state index in [2.05, 4.69) is 33.1 Å². The lowest BCUT2D eigenvalue weighted by Crippen LogP contribution is -2.43. The number of nitrogens with one attached hydrogen (secondary N) is 2. The minimum atomic E-state index is -0.950. The summed E-state index contributed by atoms with van der Waals surface area (Å²) in [6, 6.07) is 5.83. The summed E-state index contributed by atoms with van der Waals surface area (Å²) in [6.45, 7) is 6.71. The molecule has 1 rings (SSSR count). The van der Waals surface area contributed by atoms with Crippen LogP contribution in [0.2, 0.25) is 0 Å². The Morgan fingerprint density at radius 3 is 2.43 bits per heavy atom. The molecule has 0 fully saturated rings. The fraction of sp³-hybridized carbons (Fsp3) is 0.312. The van der Waals surface area contributed by atoms with Crippen molar-refractivity contribution in [3.8, 4) is 0 Å². The molecule has 2 amide bonds. The maximum absolute atomic E-state index is 12.0. The summed E-state index contributed by atoms with van der Waals surface area (Å²) in [4.78, 5) is 35.5. The lowest BCUT2D eigenvalue weighted by atomic mass is 10.2. The zero-order chi connectivity index (χ0) is 17.4. The van der Waals surface area contributed by atoms with Gasteiger partial charge in [0.05, 0.1) is 0 Å². The van der Waals surface area contributed by atoms with Crippen LogP contribution in [-0.4, -0.2) is 36.5 Å². The predicted molar refractivity (Wildman–Crippen MR) is 89.8 cm³/mol. The molecule has 0 bridgehead atoms. The van der Waals surface area contributed by atoms with Crippen molar-refractivity contribution in [3.05, 3.63) is 47.0 Å². The molecule has 0 aliphatic rings. The average Bonchev–Trinajstić information content (AvgIpc) is 2.52. The first-order valence-corrected chi connectivity index (χ1v) is 7.80. The minimum Gasteiger partial charge on any atom is -0.451 e. The van der Waals surface area contributed by atoms with Crippen molar-refractivity contribution >= 4 is 33.7 Å². The van der Waals surface area contributed by atoms with Gasteiger partial charge in [-0.1, -0.05) is 22.0 Å². The number of rotatable bonds is 7. The van der Waals surface area contributed by atoms with E-state index in [1.807, 2.05) is 0 Å². The molecule has 2 atom stereocenters. The van der Waals surface area contributed by atoms with Gasteiger partial charge in [-0.15, -0.1) is 6.58 Å². The van der Waals surface area contributed by atoms with Gasteiger partial charge in [0.25, 0.3) is 11.8 Å². The van der Waals surface area contributed by atoms with Crippen LogP contribution in [0.5, 0.6) is 0 Å². The summed E-state index contributed by atoms with van der Waals surface area (Å²) in [5.41, 5.74) is 0.421. The van der Waals surface area contributed by atoms with Crippen molar-refractivity contribution in [2.45, 2.75) is 26.0 Å². The highest BCUT2D eigenvalue weighted by Crippen LogP contribution is 2.10. The molecule has 0 radical (unpaired) electrons. The lowest BCUT2D eigenvalue weighted by Gasteiger charge is -2.17. The molecule has 124 valence electrons. The summed E-state index contributed by atoms with van der Waals surface area (Å²) >= 11 is 3.28. The van der Waals surface area contributed by atoms with Crippen LogP contribution in [0.3, 0.4) is 0 Å². The van der Waals surface area contributed by atoms with Crippen molar-refractivity contribution in [1.29, 1.82) is 0 Å². The first-order chi connectivity index (χ1) is 10.8. The highest BCUT2D eigenvalue weighted by atomic mass is 79.9. The number of hydrogen-bond acceptors (Lipinski definition) is 4. The number of amides is 2. The SMILES string of the molecule is C=CCNC(=O)[C@@H](C)OC(=O)[C@H](C)NC(=O)c1ccc(Br)cc1. The molecular weight excluding hydrogens is 364 g/mol. The number of benzene rings is 1. The standard InChI is InChI=1S/C16H19BrN2O4/c1-4-9-18-14(20)11(3)23-16(22)10(2)19-15(21)12-5-7-13(17)8-6-12/h4-8,10-11H,1,9H2,2-3H3,(H,18,20)(H,19,21)/t10-,11+/m0/s1. The fourth-order valence-corrected chi connectivity index (χ4v) is 1.85. The van der Waals surface area contributed by atoms with Gasteiger partial charge in [0.15, 0.2) is 6.10 Å². The summed E-state index contributed by atoms with van der Waals surface area (Å²) in [5, 5.41) is 5.05. The summed E-state index contributed by atoms with van der Waals surface area (Å²) in [5.74, 6) is -1.51. The van der Waals surface area contributed by atoms with Gasteiger partial charge >= 0.3 is 5.97 Å². The zero-order valence-corrected chi connectivity index (χ0v) is 14.6. The van der Waals surface area contributed by atoms with Crippen molar-refractivity contribution in [3.63, 3.8) is 0 Å². The molecule has 1 aromatic rings. The monoisotopic (exact) mass is 382 g/mol. The highest BCUT2D eigenvalue weighted by molar-refractivity contribution is 9.10. The van der Waals surface area contributed by atoms with Gasteiger partial charge < -0.3 is 15.4 Å². The van der Waals surface area contributed by atoms with E-state index < -0.39 is 29.9 Å². The van der Waals surface area contributed by atoms with E-state index in [9.17, 15) is 14.4 Å². The third-order valence-electron chi connectivity index (χ3n) is 2.89.